The molecule has 0 radical (unpaired) electrons. The van der Waals surface area contributed by atoms with Crippen LogP contribution in [-0.2, 0) is 12.8 Å². The van der Waals surface area contributed by atoms with Gasteiger partial charge in [0.2, 0.25) is 5.91 Å². The fraction of sp³-hybridized carbons (Fsp3) is 0.400. The minimum absolute atomic E-state index is 0.520. The van der Waals surface area contributed by atoms with Crippen molar-refractivity contribution in [1.29, 1.82) is 0 Å². The monoisotopic (exact) mass is 313 g/mol. The Morgan fingerprint density at radius 1 is 0.783 bits per heavy atom. The van der Waals surface area contributed by atoms with Crippen LogP contribution in [-0.4, -0.2) is 22.7 Å². The van der Waals surface area contributed by atoms with Crippen molar-refractivity contribution in [2.75, 3.05) is 6.54 Å². The van der Waals surface area contributed by atoms with Crippen molar-refractivity contribution >= 4 is 0 Å². The highest BCUT2D eigenvalue weighted by atomic mass is 16.5. The van der Waals surface area contributed by atoms with Crippen LogP contribution in [0.25, 0.3) is 0 Å². The maximum atomic E-state index is 10.4. The smallest absolute Gasteiger partial charge is 0.227 e. The summed E-state index contributed by atoms with van der Waals surface area (Å²) in [4.78, 5) is 0. The van der Waals surface area contributed by atoms with Gasteiger partial charge in [-0.25, -0.2) is 0 Å². The van der Waals surface area contributed by atoms with Crippen LogP contribution in [0.15, 0.2) is 60.7 Å². The highest BCUT2D eigenvalue weighted by Crippen LogP contribution is 2.32. The molecule has 0 amide bonds. The Hall–Kier alpha value is -1.68. The summed E-state index contributed by atoms with van der Waals surface area (Å²) in [5.74, 6) is -1.89. The molecule has 0 aliphatic heterocycles. The lowest BCUT2D eigenvalue weighted by Crippen LogP contribution is -2.56. The molecule has 3 heteroatoms. The van der Waals surface area contributed by atoms with Gasteiger partial charge in [0.05, 0.1) is 0 Å². The third-order valence-corrected chi connectivity index (χ3v) is 4.45. The fourth-order valence-electron chi connectivity index (χ4n) is 2.54. The van der Waals surface area contributed by atoms with Crippen LogP contribution < -0.4 is 5.32 Å². The average Bonchev–Trinajstić information content (AvgIpc) is 2.55. The normalized spacial score (nSPS) is 12.3. The Morgan fingerprint density at radius 2 is 1.26 bits per heavy atom. The van der Waals surface area contributed by atoms with E-state index in [1.807, 2.05) is 62.4 Å². The van der Waals surface area contributed by atoms with Gasteiger partial charge >= 0.3 is 0 Å². The van der Waals surface area contributed by atoms with Gasteiger partial charge in [0.15, 0.2) is 0 Å². The van der Waals surface area contributed by atoms with Crippen LogP contribution in [0.4, 0.5) is 0 Å². The summed E-state index contributed by atoms with van der Waals surface area (Å²) in [6.45, 7) is 4.28. The van der Waals surface area contributed by atoms with E-state index in [1.54, 1.807) is 0 Å². The Kier molecular flexibility index (Phi) is 5.94. The van der Waals surface area contributed by atoms with Gasteiger partial charge in [-0.05, 0) is 30.4 Å². The zero-order valence-corrected chi connectivity index (χ0v) is 14.0. The molecule has 0 spiro atoms. The standard InChI is InChI=1S/C20H27NO2/c1-19(2,15-13-17-9-5-3-6-10-17)20(22,23)21-16-14-18-11-7-4-8-12-18/h3-12,21-23H,13-16H2,1-2H3. The molecule has 0 aliphatic rings. The van der Waals surface area contributed by atoms with Gasteiger partial charge in [-0.3, -0.25) is 5.32 Å². The number of hydrogen-bond donors (Lipinski definition) is 3. The van der Waals surface area contributed by atoms with E-state index in [0.29, 0.717) is 13.0 Å². The lowest BCUT2D eigenvalue weighted by Gasteiger charge is -2.39. The van der Waals surface area contributed by atoms with E-state index >= 15 is 0 Å². The average molecular weight is 313 g/mol. The van der Waals surface area contributed by atoms with Gasteiger partial charge in [-0.15, -0.1) is 0 Å². The summed E-state index contributed by atoms with van der Waals surface area (Å²) < 4.78 is 0. The third-order valence-electron chi connectivity index (χ3n) is 4.45. The summed E-state index contributed by atoms with van der Waals surface area (Å²) in [7, 11) is 0. The number of aryl methyl sites for hydroxylation is 1. The lowest BCUT2D eigenvalue weighted by molar-refractivity contribution is -0.256. The number of aliphatic hydroxyl groups is 2. The van der Waals surface area contributed by atoms with Gasteiger partial charge < -0.3 is 10.2 Å². The number of rotatable bonds is 8. The molecule has 2 aromatic carbocycles. The molecule has 0 saturated carbocycles. The molecule has 3 N–H and O–H groups in total. The summed E-state index contributed by atoms with van der Waals surface area (Å²) >= 11 is 0. The van der Waals surface area contributed by atoms with E-state index in [1.165, 1.54) is 11.1 Å². The molecule has 2 aromatic rings. The minimum atomic E-state index is -1.89. The topological polar surface area (TPSA) is 52.5 Å². The first-order chi connectivity index (χ1) is 10.9. The Balaban J connectivity index is 1.86. The van der Waals surface area contributed by atoms with Crippen molar-refractivity contribution in [2.24, 2.45) is 5.41 Å². The van der Waals surface area contributed by atoms with Crippen LogP contribution >= 0.6 is 0 Å². The van der Waals surface area contributed by atoms with E-state index in [-0.39, 0.29) is 0 Å². The SMILES string of the molecule is CC(C)(CCc1ccccc1)C(O)(O)NCCc1ccccc1. The molecule has 0 aromatic heterocycles. The van der Waals surface area contributed by atoms with Crippen molar-refractivity contribution < 1.29 is 10.2 Å². The van der Waals surface area contributed by atoms with Crippen LogP contribution in [0.5, 0.6) is 0 Å². The van der Waals surface area contributed by atoms with Crippen LogP contribution in [0, 0.1) is 5.41 Å². The lowest BCUT2D eigenvalue weighted by atomic mass is 9.82. The Bertz CT molecular complexity index is 579. The largest absolute Gasteiger partial charge is 0.353 e. The molecule has 0 fully saturated rings. The van der Waals surface area contributed by atoms with Gasteiger partial charge in [0.25, 0.3) is 0 Å². The first-order valence-corrected chi connectivity index (χ1v) is 8.18. The molecule has 124 valence electrons. The van der Waals surface area contributed by atoms with Gasteiger partial charge in [0, 0.05) is 12.0 Å². The van der Waals surface area contributed by atoms with Crippen molar-refractivity contribution in [3.8, 4) is 0 Å². The molecule has 0 heterocycles. The first-order valence-electron chi connectivity index (χ1n) is 8.18. The molecular weight excluding hydrogens is 286 g/mol. The van der Waals surface area contributed by atoms with Crippen molar-refractivity contribution in [2.45, 2.75) is 39.0 Å². The molecule has 0 saturated heterocycles. The molecule has 3 nitrogen and oxygen atoms in total. The van der Waals surface area contributed by atoms with Crippen molar-refractivity contribution in [3.63, 3.8) is 0 Å². The second-order valence-electron chi connectivity index (χ2n) is 6.70. The molecule has 0 aliphatic carbocycles. The minimum Gasteiger partial charge on any atom is -0.353 e. The maximum Gasteiger partial charge on any atom is 0.227 e. The van der Waals surface area contributed by atoms with Crippen LogP contribution in [0.2, 0.25) is 0 Å². The highest BCUT2D eigenvalue weighted by molar-refractivity contribution is 5.16. The van der Waals surface area contributed by atoms with E-state index in [4.69, 9.17) is 0 Å². The maximum absolute atomic E-state index is 10.4. The molecule has 0 atom stereocenters. The molecule has 2 rings (SSSR count). The zero-order valence-electron chi connectivity index (χ0n) is 14.0. The van der Waals surface area contributed by atoms with Crippen LogP contribution in [0.3, 0.4) is 0 Å². The predicted octanol–water partition coefficient (Wildman–Crippen LogP) is 3.12. The third kappa shape index (κ3) is 5.17. The van der Waals surface area contributed by atoms with Crippen molar-refractivity contribution in [3.05, 3.63) is 71.8 Å². The van der Waals surface area contributed by atoms with E-state index in [2.05, 4.69) is 17.4 Å². The van der Waals surface area contributed by atoms with Crippen molar-refractivity contribution in [1.82, 2.24) is 5.32 Å². The van der Waals surface area contributed by atoms with E-state index in [0.717, 1.165) is 12.8 Å². The Morgan fingerprint density at radius 3 is 1.78 bits per heavy atom. The second kappa shape index (κ2) is 7.73. The predicted molar refractivity (Wildman–Crippen MR) is 93.9 cm³/mol. The summed E-state index contributed by atoms with van der Waals surface area (Å²) in [5.41, 5.74) is 1.73. The van der Waals surface area contributed by atoms with Crippen LogP contribution in [0.1, 0.15) is 31.4 Å². The van der Waals surface area contributed by atoms with Gasteiger partial charge in [-0.2, -0.15) is 0 Å². The van der Waals surface area contributed by atoms with E-state index in [9.17, 15) is 10.2 Å². The van der Waals surface area contributed by atoms with Gasteiger partial charge in [0.1, 0.15) is 0 Å². The Labute approximate surface area is 139 Å². The number of benzene rings is 2. The van der Waals surface area contributed by atoms with E-state index < -0.39 is 11.3 Å². The zero-order chi connectivity index (χ0) is 16.8. The highest BCUT2D eigenvalue weighted by Gasteiger charge is 2.41. The summed E-state index contributed by atoms with van der Waals surface area (Å²) in [6.07, 6.45) is 2.26. The molecule has 23 heavy (non-hydrogen) atoms. The molecular formula is C20H27NO2. The second-order valence-corrected chi connectivity index (χ2v) is 6.70. The molecule has 0 unspecified atom stereocenters. The first kappa shape index (κ1) is 17.7. The number of hydrogen-bond acceptors (Lipinski definition) is 3. The summed E-state index contributed by atoms with van der Waals surface area (Å²) in [5, 5.41) is 23.8. The fourth-order valence-corrected chi connectivity index (χ4v) is 2.54. The molecule has 0 bridgehead atoms. The summed E-state index contributed by atoms with van der Waals surface area (Å²) in [6, 6.07) is 20.2. The number of nitrogens with one attached hydrogen (secondary N) is 1. The quantitative estimate of drug-likeness (QED) is 0.656. The van der Waals surface area contributed by atoms with Gasteiger partial charge in [-0.1, -0.05) is 74.5 Å².